The molecule has 78 valence electrons. The molecule has 0 saturated heterocycles. The van der Waals surface area contributed by atoms with E-state index in [2.05, 4.69) is 0 Å². The molecule has 0 radical (unpaired) electrons. The number of furan rings is 1. The molecule has 0 saturated carbocycles. The molecule has 1 atom stereocenters. The Bertz CT molecular complexity index is 403. The van der Waals surface area contributed by atoms with Crippen molar-refractivity contribution in [2.45, 2.75) is 12.5 Å². The zero-order valence-electron chi connectivity index (χ0n) is 8.13. The molecule has 2 rings (SSSR count). The van der Waals surface area contributed by atoms with Gasteiger partial charge < -0.3 is 14.6 Å². The van der Waals surface area contributed by atoms with Crippen LogP contribution in [0.5, 0.6) is 5.75 Å². The first-order valence-corrected chi connectivity index (χ1v) is 4.74. The summed E-state index contributed by atoms with van der Waals surface area (Å²) in [5.41, 5.74) is 1.74. The van der Waals surface area contributed by atoms with Crippen molar-refractivity contribution in [3.63, 3.8) is 0 Å². The average Bonchev–Trinajstić information content (AvgIpc) is 2.74. The van der Waals surface area contributed by atoms with Gasteiger partial charge >= 0.3 is 0 Å². The van der Waals surface area contributed by atoms with Gasteiger partial charge in [0, 0.05) is 12.0 Å². The minimum Gasteiger partial charge on any atom is -0.508 e. The molecule has 1 unspecified atom stereocenters. The standard InChI is InChI=1S/C12H12O3/c13-11-3-1-9(2-4-11)7-12(14)10-5-6-15-8-10/h1-6,8,12-14H,7H2. The Morgan fingerprint density at radius 3 is 2.47 bits per heavy atom. The van der Waals surface area contributed by atoms with Gasteiger partial charge in [0.2, 0.25) is 0 Å². The monoisotopic (exact) mass is 204 g/mol. The topological polar surface area (TPSA) is 53.6 Å². The molecule has 15 heavy (non-hydrogen) atoms. The van der Waals surface area contributed by atoms with Crippen LogP contribution in [0.1, 0.15) is 17.2 Å². The molecule has 3 nitrogen and oxygen atoms in total. The molecule has 2 aromatic rings. The Labute approximate surface area is 87.6 Å². The molecular weight excluding hydrogens is 192 g/mol. The summed E-state index contributed by atoms with van der Waals surface area (Å²) in [6, 6.07) is 8.54. The molecule has 1 heterocycles. The zero-order valence-corrected chi connectivity index (χ0v) is 8.13. The highest BCUT2D eigenvalue weighted by molar-refractivity contribution is 5.27. The van der Waals surface area contributed by atoms with Crippen LogP contribution in [0.15, 0.2) is 47.3 Å². The first-order valence-electron chi connectivity index (χ1n) is 4.74. The van der Waals surface area contributed by atoms with Gasteiger partial charge in [0.15, 0.2) is 0 Å². The van der Waals surface area contributed by atoms with Crippen molar-refractivity contribution in [2.75, 3.05) is 0 Å². The molecule has 1 aromatic heterocycles. The summed E-state index contributed by atoms with van der Waals surface area (Å²) in [6.07, 6.45) is 3.02. The number of aliphatic hydroxyl groups is 1. The van der Waals surface area contributed by atoms with Crippen molar-refractivity contribution < 1.29 is 14.6 Å². The maximum atomic E-state index is 9.81. The molecule has 0 aliphatic rings. The first kappa shape index (κ1) is 9.80. The lowest BCUT2D eigenvalue weighted by Crippen LogP contribution is -1.99. The fourth-order valence-corrected chi connectivity index (χ4v) is 1.44. The average molecular weight is 204 g/mol. The van der Waals surface area contributed by atoms with Gasteiger partial charge in [-0.25, -0.2) is 0 Å². The lowest BCUT2D eigenvalue weighted by atomic mass is 10.0. The molecule has 2 N–H and O–H groups in total. The van der Waals surface area contributed by atoms with Crippen LogP contribution in [0, 0.1) is 0 Å². The van der Waals surface area contributed by atoms with Gasteiger partial charge in [0.25, 0.3) is 0 Å². The highest BCUT2D eigenvalue weighted by Gasteiger charge is 2.09. The van der Waals surface area contributed by atoms with E-state index in [1.807, 2.05) is 0 Å². The second-order valence-electron chi connectivity index (χ2n) is 3.44. The summed E-state index contributed by atoms with van der Waals surface area (Å²) in [7, 11) is 0. The minimum atomic E-state index is -0.562. The van der Waals surface area contributed by atoms with Gasteiger partial charge in [-0.2, -0.15) is 0 Å². The molecular formula is C12H12O3. The summed E-state index contributed by atoms with van der Waals surface area (Å²) >= 11 is 0. The van der Waals surface area contributed by atoms with Crippen LogP contribution in [0.4, 0.5) is 0 Å². The second kappa shape index (κ2) is 4.19. The highest BCUT2D eigenvalue weighted by Crippen LogP contribution is 2.19. The summed E-state index contributed by atoms with van der Waals surface area (Å²) in [5.74, 6) is 0.233. The van der Waals surface area contributed by atoms with Gasteiger partial charge in [-0.3, -0.25) is 0 Å². The summed E-state index contributed by atoms with van der Waals surface area (Å²) in [6.45, 7) is 0. The Kier molecular flexibility index (Phi) is 2.74. The maximum Gasteiger partial charge on any atom is 0.115 e. The molecule has 0 aliphatic carbocycles. The predicted octanol–water partition coefficient (Wildman–Crippen LogP) is 2.26. The summed E-state index contributed by atoms with van der Waals surface area (Å²) in [5, 5.41) is 18.9. The number of phenolic OH excluding ortho intramolecular Hbond substituents is 1. The SMILES string of the molecule is Oc1ccc(CC(O)c2ccoc2)cc1. The van der Waals surface area contributed by atoms with Gasteiger partial charge in [0.05, 0.1) is 18.6 Å². The van der Waals surface area contributed by atoms with E-state index in [1.54, 1.807) is 30.3 Å². The number of aliphatic hydroxyl groups excluding tert-OH is 1. The van der Waals surface area contributed by atoms with Crippen molar-refractivity contribution in [3.05, 3.63) is 54.0 Å². The number of benzene rings is 1. The van der Waals surface area contributed by atoms with Gasteiger partial charge in [-0.05, 0) is 23.8 Å². The fourth-order valence-electron chi connectivity index (χ4n) is 1.44. The number of hydrogen-bond donors (Lipinski definition) is 2. The Balaban J connectivity index is 2.06. The third kappa shape index (κ3) is 2.39. The highest BCUT2D eigenvalue weighted by atomic mass is 16.3. The van der Waals surface area contributed by atoms with Crippen molar-refractivity contribution in [3.8, 4) is 5.75 Å². The first-order chi connectivity index (χ1) is 7.25. The third-order valence-electron chi connectivity index (χ3n) is 2.29. The number of rotatable bonds is 3. The van der Waals surface area contributed by atoms with E-state index < -0.39 is 6.10 Å². The Hall–Kier alpha value is -1.74. The number of aromatic hydroxyl groups is 1. The van der Waals surface area contributed by atoms with Crippen molar-refractivity contribution in [1.29, 1.82) is 0 Å². The van der Waals surface area contributed by atoms with Gasteiger partial charge in [0.1, 0.15) is 5.75 Å². The van der Waals surface area contributed by atoms with Crippen molar-refractivity contribution >= 4 is 0 Å². The molecule has 1 aromatic carbocycles. The summed E-state index contributed by atoms with van der Waals surface area (Å²) < 4.78 is 4.89. The maximum absolute atomic E-state index is 9.81. The van der Waals surface area contributed by atoms with E-state index in [-0.39, 0.29) is 5.75 Å². The Morgan fingerprint density at radius 2 is 1.87 bits per heavy atom. The van der Waals surface area contributed by atoms with Crippen LogP contribution >= 0.6 is 0 Å². The molecule has 0 fully saturated rings. The van der Waals surface area contributed by atoms with E-state index in [9.17, 15) is 5.11 Å². The van der Waals surface area contributed by atoms with Crippen LogP contribution in [-0.4, -0.2) is 10.2 Å². The molecule has 3 heteroatoms. The van der Waals surface area contributed by atoms with Crippen LogP contribution < -0.4 is 0 Å². The van der Waals surface area contributed by atoms with E-state index in [0.29, 0.717) is 6.42 Å². The van der Waals surface area contributed by atoms with Gasteiger partial charge in [-0.1, -0.05) is 12.1 Å². The predicted molar refractivity (Wildman–Crippen MR) is 55.5 cm³/mol. The van der Waals surface area contributed by atoms with Gasteiger partial charge in [-0.15, -0.1) is 0 Å². The second-order valence-corrected chi connectivity index (χ2v) is 3.44. The molecule has 0 bridgehead atoms. The summed E-state index contributed by atoms with van der Waals surface area (Å²) in [4.78, 5) is 0. The van der Waals surface area contributed by atoms with Crippen LogP contribution in [0.25, 0.3) is 0 Å². The van der Waals surface area contributed by atoms with Crippen LogP contribution in [0.2, 0.25) is 0 Å². The lowest BCUT2D eigenvalue weighted by molar-refractivity contribution is 0.177. The normalized spacial score (nSPS) is 12.6. The van der Waals surface area contributed by atoms with E-state index in [1.165, 1.54) is 12.5 Å². The number of hydrogen-bond acceptors (Lipinski definition) is 3. The number of phenols is 1. The largest absolute Gasteiger partial charge is 0.508 e. The zero-order chi connectivity index (χ0) is 10.7. The van der Waals surface area contributed by atoms with Crippen molar-refractivity contribution in [1.82, 2.24) is 0 Å². The van der Waals surface area contributed by atoms with E-state index in [4.69, 9.17) is 9.52 Å². The molecule has 0 spiro atoms. The van der Waals surface area contributed by atoms with E-state index >= 15 is 0 Å². The Morgan fingerprint density at radius 1 is 1.13 bits per heavy atom. The lowest BCUT2D eigenvalue weighted by Gasteiger charge is -2.07. The van der Waals surface area contributed by atoms with E-state index in [0.717, 1.165) is 11.1 Å². The smallest absolute Gasteiger partial charge is 0.115 e. The fraction of sp³-hybridized carbons (Fsp3) is 0.167. The van der Waals surface area contributed by atoms with Crippen molar-refractivity contribution in [2.24, 2.45) is 0 Å². The third-order valence-corrected chi connectivity index (χ3v) is 2.29. The minimum absolute atomic E-state index is 0.233. The molecule has 0 aliphatic heterocycles. The van der Waals surface area contributed by atoms with Crippen LogP contribution in [-0.2, 0) is 6.42 Å². The quantitative estimate of drug-likeness (QED) is 0.806. The van der Waals surface area contributed by atoms with Crippen LogP contribution in [0.3, 0.4) is 0 Å². The molecule has 0 amide bonds.